The normalized spacial score (nSPS) is 10.6. The van der Waals surface area contributed by atoms with E-state index in [1.165, 1.54) is 18.3 Å². The van der Waals surface area contributed by atoms with Crippen molar-refractivity contribution in [1.29, 1.82) is 0 Å². The van der Waals surface area contributed by atoms with E-state index in [9.17, 15) is 9.59 Å². The molecule has 0 atom stereocenters. The zero-order valence-corrected chi connectivity index (χ0v) is 12.8. The van der Waals surface area contributed by atoms with Gasteiger partial charge in [-0.25, -0.2) is 14.6 Å². The van der Waals surface area contributed by atoms with Crippen LogP contribution < -0.4 is 21.3 Å². The first-order valence-electron chi connectivity index (χ1n) is 7.06. The molecule has 4 amide bonds. The Hall–Kier alpha value is -2.47. The SMILES string of the molecule is O=C(Nc1ccc(NC(=O)NC(CO)CO)nc1)NC(CO)CO. The van der Waals surface area contributed by atoms with Gasteiger partial charge in [-0.05, 0) is 12.1 Å². The molecular weight excluding hydrogens is 322 g/mol. The van der Waals surface area contributed by atoms with Gasteiger partial charge in [-0.3, -0.25) is 5.32 Å². The molecular formula is C13H21N5O6. The number of amides is 4. The smallest absolute Gasteiger partial charge is 0.320 e. The van der Waals surface area contributed by atoms with Gasteiger partial charge in [0.05, 0.1) is 50.4 Å². The van der Waals surface area contributed by atoms with E-state index < -0.39 is 50.6 Å². The minimum absolute atomic E-state index is 0.191. The van der Waals surface area contributed by atoms with Crippen LogP contribution in [0, 0.1) is 0 Å². The lowest BCUT2D eigenvalue weighted by molar-refractivity contribution is 0.172. The number of aromatic nitrogens is 1. The molecule has 0 unspecified atom stereocenters. The summed E-state index contributed by atoms with van der Waals surface area (Å²) in [7, 11) is 0. The van der Waals surface area contributed by atoms with Gasteiger partial charge in [0, 0.05) is 0 Å². The van der Waals surface area contributed by atoms with Crippen LogP contribution in [0.15, 0.2) is 18.3 Å². The monoisotopic (exact) mass is 343 g/mol. The lowest BCUT2D eigenvalue weighted by atomic mass is 10.3. The number of urea groups is 2. The zero-order valence-electron chi connectivity index (χ0n) is 12.8. The van der Waals surface area contributed by atoms with E-state index >= 15 is 0 Å². The van der Waals surface area contributed by atoms with Crippen molar-refractivity contribution >= 4 is 23.6 Å². The summed E-state index contributed by atoms with van der Waals surface area (Å²) in [5.41, 5.74) is 0.330. The second-order valence-electron chi connectivity index (χ2n) is 4.75. The predicted octanol–water partition coefficient (Wildman–Crippen LogP) is -1.97. The number of carbonyl (C=O) groups excluding carboxylic acids is 2. The molecule has 0 saturated heterocycles. The number of rotatable bonds is 8. The van der Waals surface area contributed by atoms with E-state index in [0.29, 0.717) is 5.69 Å². The summed E-state index contributed by atoms with van der Waals surface area (Å²) in [5.74, 6) is 0.191. The topological polar surface area (TPSA) is 176 Å². The fourth-order valence-electron chi connectivity index (χ4n) is 1.53. The molecule has 0 bridgehead atoms. The third-order valence-electron chi connectivity index (χ3n) is 2.81. The highest BCUT2D eigenvalue weighted by Crippen LogP contribution is 2.09. The molecule has 0 aliphatic carbocycles. The molecule has 0 aromatic carbocycles. The number of aliphatic hydroxyl groups excluding tert-OH is 4. The fraction of sp³-hybridized carbons (Fsp3) is 0.462. The second-order valence-corrected chi connectivity index (χ2v) is 4.75. The van der Waals surface area contributed by atoms with Crippen LogP contribution >= 0.6 is 0 Å². The average molecular weight is 343 g/mol. The van der Waals surface area contributed by atoms with E-state index in [1.54, 1.807) is 0 Å². The molecule has 0 aliphatic heterocycles. The zero-order chi connectivity index (χ0) is 17.9. The van der Waals surface area contributed by atoms with Gasteiger partial charge in [-0.15, -0.1) is 0 Å². The molecule has 0 saturated carbocycles. The van der Waals surface area contributed by atoms with Gasteiger partial charge in [0.25, 0.3) is 0 Å². The quantitative estimate of drug-likeness (QED) is 0.270. The Bertz CT molecular complexity index is 471. The molecule has 1 aromatic heterocycles. The number of hydrogen-bond donors (Lipinski definition) is 8. The van der Waals surface area contributed by atoms with Crippen LogP contribution in [-0.4, -0.2) is 76.0 Å². The van der Waals surface area contributed by atoms with Gasteiger partial charge in [0.15, 0.2) is 0 Å². The maximum atomic E-state index is 11.6. The number of nitrogens with one attached hydrogen (secondary N) is 4. The van der Waals surface area contributed by atoms with E-state index in [-0.39, 0.29) is 5.82 Å². The molecule has 1 heterocycles. The predicted molar refractivity (Wildman–Crippen MR) is 84.5 cm³/mol. The summed E-state index contributed by atoms with van der Waals surface area (Å²) >= 11 is 0. The van der Waals surface area contributed by atoms with Gasteiger partial charge in [-0.1, -0.05) is 0 Å². The lowest BCUT2D eigenvalue weighted by Gasteiger charge is -2.15. The van der Waals surface area contributed by atoms with E-state index in [1.807, 2.05) is 0 Å². The van der Waals surface area contributed by atoms with Crippen LogP contribution in [0.1, 0.15) is 0 Å². The summed E-state index contributed by atoms with van der Waals surface area (Å²) < 4.78 is 0. The Balaban J connectivity index is 2.50. The Morgan fingerprint density at radius 3 is 1.79 bits per heavy atom. The molecule has 0 aliphatic rings. The minimum Gasteiger partial charge on any atom is -0.394 e. The van der Waals surface area contributed by atoms with E-state index in [4.69, 9.17) is 20.4 Å². The van der Waals surface area contributed by atoms with E-state index in [2.05, 4.69) is 26.3 Å². The maximum absolute atomic E-state index is 11.6. The molecule has 0 spiro atoms. The van der Waals surface area contributed by atoms with Crippen LogP contribution in [0.2, 0.25) is 0 Å². The highest BCUT2D eigenvalue weighted by molar-refractivity contribution is 5.90. The Labute approximate surface area is 137 Å². The van der Waals surface area contributed by atoms with Gasteiger partial charge in [0.1, 0.15) is 5.82 Å². The molecule has 1 aromatic rings. The van der Waals surface area contributed by atoms with Crippen LogP contribution in [0.5, 0.6) is 0 Å². The van der Waals surface area contributed by atoms with Crippen LogP contribution in [0.3, 0.4) is 0 Å². The minimum atomic E-state index is -0.777. The van der Waals surface area contributed by atoms with Gasteiger partial charge < -0.3 is 36.4 Å². The summed E-state index contributed by atoms with van der Waals surface area (Å²) in [6, 6.07) is 0.0802. The van der Waals surface area contributed by atoms with Crippen molar-refractivity contribution in [2.24, 2.45) is 0 Å². The molecule has 11 nitrogen and oxygen atoms in total. The average Bonchev–Trinajstić information content (AvgIpc) is 2.59. The highest BCUT2D eigenvalue weighted by atomic mass is 16.3. The fourth-order valence-corrected chi connectivity index (χ4v) is 1.53. The second kappa shape index (κ2) is 10.3. The standard InChI is InChI=1S/C13H21N5O6/c19-4-9(5-20)16-12(23)15-8-1-2-11(14-3-8)18-13(24)17-10(6-21)7-22/h1-3,9-10,19-22H,4-7H2,(H2,15,16,23)(H2,14,17,18,24). The first-order valence-corrected chi connectivity index (χ1v) is 7.06. The summed E-state index contributed by atoms with van der Waals surface area (Å²) in [5, 5.41) is 45.0. The van der Waals surface area contributed by atoms with Crippen molar-refractivity contribution in [2.45, 2.75) is 12.1 Å². The van der Waals surface area contributed by atoms with Crippen LogP contribution in [0.25, 0.3) is 0 Å². The van der Waals surface area contributed by atoms with Crippen molar-refractivity contribution in [2.75, 3.05) is 37.1 Å². The number of pyridine rings is 1. The molecule has 134 valence electrons. The third kappa shape index (κ3) is 6.75. The molecule has 8 N–H and O–H groups in total. The number of nitrogens with zero attached hydrogens (tertiary/aromatic N) is 1. The van der Waals surface area contributed by atoms with Crippen molar-refractivity contribution in [1.82, 2.24) is 15.6 Å². The lowest BCUT2D eigenvalue weighted by Crippen LogP contribution is -2.42. The number of anilines is 2. The molecule has 1 rings (SSSR count). The molecule has 0 fully saturated rings. The largest absolute Gasteiger partial charge is 0.394 e. The number of hydrogen-bond acceptors (Lipinski definition) is 7. The van der Waals surface area contributed by atoms with Crippen molar-refractivity contribution < 1.29 is 30.0 Å². The summed E-state index contributed by atoms with van der Waals surface area (Å²) in [6.45, 7) is -1.61. The molecule has 0 radical (unpaired) electrons. The van der Waals surface area contributed by atoms with Gasteiger partial charge in [-0.2, -0.15) is 0 Å². The van der Waals surface area contributed by atoms with Crippen LogP contribution in [0.4, 0.5) is 21.1 Å². The number of carbonyl (C=O) groups is 2. The summed E-state index contributed by atoms with van der Waals surface area (Å²) in [4.78, 5) is 27.1. The third-order valence-corrected chi connectivity index (χ3v) is 2.81. The Morgan fingerprint density at radius 2 is 1.38 bits per heavy atom. The van der Waals surface area contributed by atoms with E-state index in [0.717, 1.165) is 0 Å². The van der Waals surface area contributed by atoms with Crippen LogP contribution in [-0.2, 0) is 0 Å². The van der Waals surface area contributed by atoms with Gasteiger partial charge >= 0.3 is 12.1 Å². The molecule has 24 heavy (non-hydrogen) atoms. The number of aliphatic hydroxyl groups is 4. The highest BCUT2D eigenvalue weighted by Gasteiger charge is 2.12. The van der Waals surface area contributed by atoms with Crippen molar-refractivity contribution in [3.05, 3.63) is 18.3 Å². The Kier molecular flexibility index (Phi) is 8.43. The van der Waals surface area contributed by atoms with Crippen molar-refractivity contribution in [3.63, 3.8) is 0 Å². The molecule has 11 heteroatoms. The first-order chi connectivity index (χ1) is 11.5. The maximum Gasteiger partial charge on any atom is 0.320 e. The first kappa shape index (κ1) is 19.6. The van der Waals surface area contributed by atoms with Gasteiger partial charge in [0.2, 0.25) is 0 Å². The van der Waals surface area contributed by atoms with Crippen molar-refractivity contribution in [3.8, 4) is 0 Å². The Morgan fingerprint density at radius 1 is 0.875 bits per heavy atom. The summed E-state index contributed by atoms with van der Waals surface area (Å²) in [6.07, 6.45) is 1.29.